The molecule has 0 unspecified atom stereocenters. The SMILES string of the molecule is Cc1cc(C(=O)NCC(=O)NCCCCCC(=O)O)ccc1[N+](=O)[O-]. The summed E-state index contributed by atoms with van der Waals surface area (Å²) in [7, 11) is 0. The monoisotopic (exact) mass is 351 g/mol. The number of carboxylic acids is 1. The number of aryl methyl sites for hydroxylation is 1. The van der Waals surface area contributed by atoms with E-state index in [9.17, 15) is 24.5 Å². The van der Waals surface area contributed by atoms with Crippen molar-refractivity contribution in [1.82, 2.24) is 10.6 Å². The molecule has 0 aliphatic rings. The number of unbranched alkanes of at least 4 members (excludes halogenated alkanes) is 2. The van der Waals surface area contributed by atoms with E-state index >= 15 is 0 Å². The summed E-state index contributed by atoms with van der Waals surface area (Å²) in [6.45, 7) is 1.74. The van der Waals surface area contributed by atoms with E-state index in [4.69, 9.17) is 5.11 Å². The summed E-state index contributed by atoms with van der Waals surface area (Å²) in [6, 6.07) is 3.98. The van der Waals surface area contributed by atoms with Crippen molar-refractivity contribution in [3.8, 4) is 0 Å². The molecule has 0 aliphatic carbocycles. The lowest BCUT2D eigenvalue weighted by Gasteiger charge is -2.07. The molecule has 3 N–H and O–H groups in total. The first-order valence-electron chi connectivity index (χ1n) is 7.83. The minimum Gasteiger partial charge on any atom is -0.481 e. The van der Waals surface area contributed by atoms with E-state index < -0.39 is 16.8 Å². The number of nitro benzene ring substituents is 1. The molecule has 1 aromatic carbocycles. The summed E-state index contributed by atoms with van der Waals surface area (Å²) in [5.74, 6) is -1.69. The van der Waals surface area contributed by atoms with Crippen molar-refractivity contribution in [3.05, 3.63) is 39.4 Å². The van der Waals surface area contributed by atoms with Crippen molar-refractivity contribution in [2.45, 2.75) is 32.6 Å². The first-order valence-corrected chi connectivity index (χ1v) is 7.83. The van der Waals surface area contributed by atoms with Gasteiger partial charge in [0, 0.05) is 30.2 Å². The number of rotatable bonds is 10. The number of carbonyl (C=O) groups is 3. The lowest BCUT2D eigenvalue weighted by Crippen LogP contribution is -2.37. The van der Waals surface area contributed by atoms with Crippen LogP contribution in [0.4, 0.5) is 5.69 Å². The van der Waals surface area contributed by atoms with Crippen molar-refractivity contribution < 1.29 is 24.4 Å². The zero-order valence-corrected chi connectivity index (χ0v) is 13.9. The number of aliphatic carboxylic acids is 1. The van der Waals surface area contributed by atoms with Crippen LogP contribution >= 0.6 is 0 Å². The van der Waals surface area contributed by atoms with Gasteiger partial charge in [0.05, 0.1) is 11.5 Å². The third kappa shape index (κ3) is 7.42. The molecule has 0 saturated carbocycles. The Kier molecular flexibility index (Phi) is 8.04. The van der Waals surface area contributed by atoms with Gasteiger partial charge in [-0.05, 0) is 31.9 Å². The molecule has 0 spiro atoms. The number of carboxylic acid groups (broad SMARTS) is 1. The number of carbonyl (C=O) groups excluding carboxylic acids is 2. The van der Waals surface area contributed by atoms with Gasteiger partial charge in [-0.2, -0.15) is 0 Å². The van der Waals surface area contributed by atoms with E-state index in [1.54, 1.807) is 0 Å². The molecule has 25 heavy (non-hydrogen) atoms. The van der Waals surface area contributed by atoms with Gasteiger partial charge in [-0.15, -0.1) is 0 Å². The Bertz CT molecular complexity index is 659. The van der Waals surface area contributed by atoms with Gasteiger partial charge >= 0.3 is 5.97 Å². The lowest BCUT2D eigenvalue weighted by molar-refractivity contribution is -0.385. The fourth-order valence-corrected chi connectivity index (χ4v) is 2.13. The third-order valence-electron chi connectivity index (χ3n) is 3.45. The van der Waals surface area contributed by atoms with E-state index in [1.165, 1.54) is 25.1 Å². The Balaban J connectivity index is 2.31. The maximum atomic E-state index is 11.9. The minimum absolute atomic E-state index is 0.0720. The molecule has 9 nitrogen and oxygen atoms in total. The smallest absolute Gasteiger partial charge is 0.303 e. The quantitative estimate of drug-likeness (QED) is 0.331. The van der Waals surface area contributed by atoms with Crippen LogP contribution in [0, 0.1) is 17.0 Å². The van der Waals surface area contributed by atoms with Crippen LogP contribution in [-0.4, -0.2) is 40.9 Å². The van der Waals surface area contributed by atoms with Gasteiger partial charge < -0.3 is 15.7 Å². The van der Waals surface area contributed by atoms with Crippen LogP contribution in [-0.2, 0) is 9.59 Å². The molecule has 0 saturated heterocycles. The van der Waals surface area contributed by atoms with Gasteiger partial charge in [-0.1, -0.05) is 6.42 Å². The number of nitrogens with one attached hydrogen (secondary N) is 2. The topological polar surface area (TPSA) is 139 Å². The molecule has 0 bridgehead atoms. The predicted octanol–water partition coefficient (Wildman–Crippen LogP) is 1.39. The standard InChI is InChI=1S/C16H21N3O6/c1-11-9-12(6-7-13(11)19(24)25)16(23)18-10-14(20)17-8-4-2-3-5-15(21)22/h6-7,9H,2-5,8,10H2,1H3,(H,17,20)(H,18,23)(H,21,22). The summed E-state index contributed by atoms with van der Waals surface area (Å²) < 4.78 is 0. The first kappa shape index (κ1) is 20.1. The van der Waals surface area contributed by atoms with Gasteiger partial charge in [0.15, 0.2) is 0 Å². The van der Waals surface area contributed by atoms with Crippen LogP contribution in [0.2, 0.25) is 0 Å². The second kappa shape index (κ2) is 10.0. The highest BCUT2D eigenvalue weighted by molar-refractivity contribution is 5.96. The zero-order chi connectivity index (χ0) is 18.8. The highest BCUT2D eigenvalue weighted by Crippen LogP contribution is 2.18. The summed E-state index contributed by atoms with van der Waals surface area (Å²) in [5, 5.41) is 24.3. The fraction of sp³-hybridized carbons (Fsp3) is 0.438. The molecule has 1 aromatic rings. The molecular formula is C16H21N3O6. The largest absolute Gasteiger partial charge is 0.481 e. The fourth-order valence-electron chi connectivity index (χ4n) is 2.13. The molecule has 0 aromatic heterocycles. The van der Waals surface area contributed by atoms with Crippen molar-refractivity contribution >= 4 is 23.5 Å². The van der Waals surface area contributed by atoms with Crippen LogP contribution in [0.1, 0.15) is 41.6 Å². The Morgan fingerprint density at radius 2 is 1.88 bits per heavy atom. The van der Waals surface area contributed by atoms with Gasteiger partial charge in [-0.25, -0.2) is 0 Å². The van der Waals surface area contributed by atoms with E-state index in [0.29, 0.717) is 31.4 Å². The Morgan fingerprint density at radius 3 is 2.48 bits per heavy atom. The van der Waals surface area contributed by atoms with Gasteiger partial charge in [0.1, 0.15) is 0 Å². The summed E-state index contributed by atoms with van der Waals surface area (Å²) in [5.41, 5.74) is 0.533. The Morgan fingerprint density at radius 1 is 1.16 bits per heavy atom. The number of nitro groups is 1. The number of benzene rings is 1. The molecule has 0 aliphatic heterocycles. The van der Waals surface area contributed by atoms with Crippen LogP contribution < -0.4 is 10.6 Å². The minimum atomic E-state index is -0.840. The number of hydrogen-bond donors (Lipinski definition) is 3. The molecule has 136 valence electrons. The van der Waals surface area contributed by atoms with E-state index in [2.05, 4.69) is 10.6 Å². The molecule has 0 radical (unpaired) electrons. The zero-order valence-electron chi connectivity index (χ0n) is 13.9. The normalized spacial score (nSPS) is 10.1. The highest BCUT2D eigenvalue weighted by atomic mass is 16.6. The van der Waals surface area contributed by atoms with Gasteiger partial charge in [-0.3, -0.25) is 24.5 Å². The second-order valence-corrected chi connectivity index (χ2v) is 5.50. The molecule has 0 atom stereocenters. The summed E-state index contributed by atoms with van der Waals surface area (Å²) >= 11 is 0. The summed E-state index contributed by atoms with van der Waals surface area (Å²) in [6.07, 6.45) is 2.02. The molecule has 0 heterocycles. The predicted molar refractivity (Wildman–Crippen MR) is 89.3 cm³/mol. The van der Waals surface area contributed by atoms with Crippen LogP contribution in [0.3, 0.4) is 0 Å². The summed E-state index contributed by atoms with van der Waals surface area (Å²) in [4.78, 5) is 44.1. The van der Waals surface area contributed by atoms with Crippen molar-refractivity contribution in [2.24, 2.45) is 0 Å². The maximum Gasteiger partial charge on any atom is 0.303 e. The van der Waals surface area contributed by atoms with Crippen molar-refractivity contribution in [1.29, 1.82) is 0 Å². The average molecular weight is 351 g/mol. The maximum absolute atomic E-state index is 11.9. The van der Waals surface area contributed by atoms with E-state index in [-0.39, 0.29) is 30.1 Å². The van der Waals surface area contributed by atoms with Crippen molar-refractivity contribution in [3.63, 3.8) is 0 Å². The Labute approximate surface area is 144 Å². The lowest BCUT2D eigenvalue weighted by atomic mass is 10.1. The third-order valence-corrected chi connectivity index (χ3v) is 3.45. The average Bonchev–Trinajstić information content (AvgIpc) is 2.55. The van der Waals surface area contributed by atoms with E-state index in [1.807, 2.05) is 0 Å². The molecule has 1 rings (SSSR count). The molecular weight excluding hydrogens is 330 g/mol. The number of amides is 2. The number of nitrogens with zero attached hydrogens (tertiary/aromatic N) is 1. The first-order chi connectivity index (χ1) is 11.8. The van der Waals surface area contributed by atoms with Crippen molar-refractivity contribution in [2.75, 3.05) is 13.1 Å². The number of hydrogen-bond acceptors (Lipinski definition) is 5. The molecule has 2 amide bonds. The van der Waals surface area contributed by atoms with Gasteiger partial charge in [0.25, 0.3) is 11.6 Å². The van der Waals surface area contributed by atoms with Crippen LogP contribution in [0.25, 0.3) is 0 Å². The van der Waals surface area contributed by atoms with Crippen LogP contribution in [0.15, 0.2) is 18.2 Å². The second-order valence-electron chi connectivity index (χ2n) is 5.50. The van der Waals surface area contributed by atoms with Crippen LogP contribution in [0.5, 0.6) is 0 Å². The highest BCUT2D eigenvalue weighted by Gasteiger charge is 2.14. The molecule has 9 heteroatoms. The van der Waals surface area contributed by atoms with E-state index in [0.717, 1.165) is 0 Å². The molecule has 0 fully saturated rings. The Hall–Kier alpha value is -2.97. The van der Waals surface area contributed by atoms with Gasteiger partial charge in [0.2, 0.25) is 5.91 Å².